The highest BCUT2D eigenvalue weighted by Crippen LogP contribution is 2.10. The molecule has 0 heterocycles. The van der Waals surface area contributed by atoms with Gasteiger partial charge in [-0.05, 0) is 77.0 Å². The van der Waals surface area contributed by atoms with Gasteiger partial charge in [0.05, 0.1) is 0 Å². The largest absolute Gasteiger partial charge is 0.462 e. The van der Waals surface area contributed by atoms with E-state index in [-0.39, 0.29) is 38.0 Å². The average Bonchev–Trinajstić information content (AvgIpc) is 3.24. The van der Waals surface area contributed by atoms with Crippen molar-refractivity contribution in [2.75, 3.05) is 13.2 Å². The van der Waals surface area contributed by atoms with Crippen molar-refractivity contribution in [2.24, 2.45) is 0 Å². The van der Waals surface area contributed by atoms with Crippen LogP contribution in [0.4, 0.5) is 0 Å². The van der Waals surface area contributed by atoms with Gasteiger partial charge in [-0.25, -0.2) is 0 Å². The van der Waals surface area contributed by atoms with Crippen LogP contribution in [0.1, 0.15) is 143 Å². The molecule has 6 heteroatoms. The second-order valence-corrected chi connectivity index (χ2v) is 14.1. The molecule has 0 aliphatic rings. The molecular weight excluding hydrogens is 745 g/mol. The van der Waals surface area contributed by atoms with Gasteiger partial charge in [-0.1, -0.05) is 204 Å². The summed E-state index contributed by atoms with van der Waals surface area (Å²) in [7, 11) is 0. The lowest BCUT2D eigenvalue weighted by Gasteiger charge is -2.18. The van der Waals surface area contributed by atoms with Gasteiger partial charge in [0.15, 0.2) is 6.10 Å². The first-order chi connectivity index (χ1) is 29.5. The number of rotatable bonds is 37. The van der Waals surface area contributed by atoms with E-state index in [1.54, 1.807) is 0 Å². The molecule has 0 saturated carbocycles. The second-order valence-electron chi connectivity index (χ2n) is 14.1. The Morgan fingerprint density at radius 3 is 1.28 bits per heavy atom. The predicted octanol–water partition coefficient (Wildman–Crippen LogP) is 14.7. The average molecular weight is 823 g/mol. The summed E-state index contributed by atoms with van der Waals surface area (Å²) in [5, 5.41) is 0. The molecule has 0 amide bonds. The normalized spacial score (nSPS) is 13.6. The van der Waals surface area contributed by atoms with Crippen LogP contribution in [0.5, 0.6) is 0 Å². The zero-order valence-electron chi connectivity index (χ0n) is 37.4. The van der Waals surface area contributed by atoms with Gasteiger partial charge in [0, 0.05) is 19.3 Å². The van der Waals surface area contributed by atoms with E-state index in [9.17, 15) is 14.4 Å². The summed E-state index contributed by atoms with van der Waals surface area (Å²) in [6, 6.07) is 0. The summed E-state index contributed by atoms with van der Waals surface area (Å²) >= 11 is 0. The van der Waals surface area contributed by atoms with Gasteiger partial charge in [-0.3, -0.25) is 14.4 Å². The summed E-state index contributed by atoms with van der Waals surface area (Å²) < 4.78 is 16.6. The van der Waals surface area contributed by atoms with Gasteiger partial charge >= 0.3 is 17.9 Å². The first-order valence-electron chi connectivity index (χ1n) is 22.6. The highest BCUT2D eigenvalue weighted by Gasteiger charge is 2.19. The molecule has 0 aromatic carbocycles. The van der Waals surface area contributed by atoms with Gasteiger partial charge in [-0.15, -0.1) is 0 Å². The Morgan fingerprint density at radius 2 is 0.750 bits per heavy atom. The maximum Gasteiger partial charge on any atom is 0.306 e. The molecule has 0 saturated heterocycles. The van der Waals surface area contributed by atoms with Crippen molar-refractivity contribution in [1.29, 1.82) is 0 Å². The van der Waals surface area contributed by atoms with Crippen LogP contribution < -0.4 is 0 Å². The second kappa shape index (κ2) is 46.7. The van der Waals surface area contributed by atoms with Crippen LogP contribution in [0, 0.1) is 0 Å². The van der Waals surface area contributed by atoms with Crippen molar-refractivity contribution in [3.63, 3.8) is 0 Å². The Morgan fingerprint density at radius 1 is 0.367 bits per heavy atom. The molecule has 0 aliphatic carbocycles. The Bertz CT molecular complexity index is 1460. The van der Waals surface area contributed by atoms with E-state index in [4.69, 9.17) is 14.2 Å². The summed E-state index contributed by atoms with van der Waals surface area (Å²) in [6.07, 6.45) is 68.1. The highest BCUT2D eigenvalue weighted by molar-refractivity contribution is 5.71. The fourth-order valence-electron chi connectivity index (χ4n) is 5.17. The topological polar surface area (TPSA) is 78.9 Å². The molecule has 0 bridgehead atoms. The minimum Gasteiger partial charge on any atom is -0.462 e. The first kappa shape index (κ1) is 55.0. The van der Waals surface area contributed by atoms with Crippen LogP contribution in [0.2, 0.25) is 0 Å². The van der Waals surface area contributed by atoms with Crippen molar-refractivity contribution in [3.05, 3.63) is 158 Å². The number of ether oxygens (including phenoxy) is 3. The van der Waals surface area contributed by atoms with Crippen LogP contribution in [0.15, 0.2) is 158 Å². The predicted molar refractivity (Wildman–Crippen MR) is 255 cm³/mol. The number of hydrogen-bond donors (Lipinski definition) is 0. The van der Waals surface area contributed by atoms with Crippen molar-refractivity contribution < 1.29 is 28.6 Å². The van der Waals surface area contributed by atoms with Crippen LogP contribution in [-0.4, -0.2) is 37.2 Å². The minimum absolute atomic E-state index is 0.145. The van der Waals surface area contributed by atoms with Crippen LogP contribution in [0.3, 0.4) is 0 Å². The van der Waals surface area contributed by atoms with Gasteiger partial charge in [0.25, 0.3) is 0 Å². The molecular formula is C54H78O6. The lowest BCUT2D eigenvalue weighted by Crippen LogP contribution is -2.30. The molecule has 0 fully saturated rings. The Hall–Kier alpha value is -4.97. The summed E-state index contributed by atoms with van der Waals surface area (Å²) in [4.78, 5) is 37.7. The van der Waals surface area contributed by atoms with Gasteiger partial charge in [0.1, 0.15) is 13.2 Å². The maximum atomic E-state index is 12.7. The zero-order chi connectivity index (χ0) is 43.7. The molecule has 6 nitrogen and oxygen atoms in total. The molecule has 0 aliphatic heterocycles. The molecule has 0 aromatic rings. The third-order valence-corrected chi connectivity index (χ3v) is 8.48. The molecule has 0 aromatic heterocycles. The fraction of sp³-hybridized carbons (Fsp3) is 0.463. The number of allylic oxidation sites excluding steroid dienone is 26. The van der Waals surface area contributed by atoms with E-state index >= 15 is 0 Å². The van der Waals surface area contributed by atoms with Gasteiger partial charge in [0.2, 0.25) is 0 Å². The molecule has 1 atom stereocenters. The maximum absolute atomic E-state index is 12.7. The van der Waals surface area contributed by atoms with Crippen molar-refractivity contribution in [1.82, 2.24) is 0 Å². The molecule has 60 heavy (non-hydrogen) atoms. The molecule has 0 spiro atoms. The van der Waals surface area contributed by atoms with Crippen molar-refractivity contribution >= 4 is 17.9 Å². The Balaban J connectivity index is 4.63. The molecule has 1 unspecified atom stereocenters. The number of hydrogen-bond acceptors (Lipinski definition) is 6. The van der Waals surface area contributed by atoms with E-state index in [1.165, 1.54) is 6.42 Å². The SMILES string of the molecule is CC\C=C/C=C\C=C/C=C\C=C/CCCC(=O)OC(COC(=O)CCC/C=C\C/C=C\C/C=C\CC)COC(=O)CCCCCCC\C=C/C=C\C=C/C=C\C=C/CCC. The van der Waals surface area contributed by atoms with Crippen molar-refractivity contribution in [2.45, 2.75) is 149 Å². The van der Waals surface area contributed by atoms with E-state index < -0.39 is 12.1 Å². The van der Waals surface area contributed by atoms with Gasteiger partial charge < -0.3 is 14.2 Å². The lowest BCUT2D eigenvalue weighted by atomic mass is 10.1. The van der Waals surface area contributed by atoms with E-state index in [1.807, 2.05) is 91.1 Å². The molecule has 330 valence electrons. The summed E-state index contributed by atoms with van der Waals surface area (Å²) in [6.45, 7) is 6.10. The third kappa shape index (κ3) is 44.1. The molecule has 0 radical (unpaired) electrons. The Labute approximate surface area is 365 Å². The number of carbonyl (C=O) groups is 3. The monoisotopic (exact) mass is 823 g/mol. The standard InChI is InChI=1S/C54H78O6/c1-4-7-10-13-16-19-22-24-25-26-27-28-30-32-35-38-41-44-47-53(56)59-50-51(49-58-52(55)46-43-40-37-34-31-21-18-15-12-9-6-3)60-54(57)48-45-42-39-36-33-29-23-20-17-14-11-8-5-2/h8-14,16-29,33-34,36-37,39,51H,4-7,15,30-32,35,38,40-50H2,1-3H3/b11-8-,12-9-,13-10-,17-14-,19-16-,21-18-,23-20-,24-22-,26-25-,28-27-,33-29-,37-34-,39-36-. The molecule has 0 N–H and O–H groups in total. The Kier molecular flexibility index (Phi) is 42.8. The van der Waals surface area contributed by atoms with E-state index in [0.717, 1.165) is 77.0 Å². The fourth-order valence-corrected chi connectivity index (χ4v) is 5.17. The van der Waals surface area contributed by atoms with Crippen molar-refractivity contribution in [3.8, 4) is 0 Å². The van der Waals surface area contributed by atoms with Gasteiger partial charge in [-0.2, -0.15) is 0 Å². The first-order valence-corrected chi connectivity index (χ1v) is 22.6. The van der Waals surface area contributed by atoms with Crippen LogP contribution in [0.25, 0.3) is 0 Å². The quantitative estimate of drug-likeness (QED) is 0.0204. The van der Waals surface area contributed by atoms with Crippen LogP contribution in [-0.2, 0) is 28.6 Å². The lowest BCUT2D eigenvalue weighted by molar-refractivity contribution is -0.167. The minimum atomic E-state index is -0.852. The molecule has 0 rings (SSSR count). The number of esters is 3. The van der Waals surface area contributed by atoms with E-state index in [2.05, 4.69) is 87.6 Å². The summed E-state index contributed by atoms with van der Waals surface area (Å²) in [5.74, 6) is -1.12. The zero-order valence-corrected chi connectivity index (χ0v) is 37.4. The van der Waals surface area contributed by atoms with E-state index in [0.29, 0.717) is 25.7 Å². The van der Waals surface area contributed by atoms with Crippen LogP contribution >= 0.6 is 0 Å². The number of carbonyl (C=O) groups excluding carboxylic acids is 3. The third-order valence-electron chi connectivity index (χ3n) is 8.48. The smallest absolute Gasteiger partial charge is 0.306 e. The highest BCUT2D eigenvalue weighted by atomic mass is 16.6. The number of unbranched alkanes of at least 4 members (excludes halogenated alkanes) is 8. The summed E-state index contributed by atoms with van der Waals surface area (Å²) in [5.41, 5.74) is 0.